The minimum absolute atomic E-state index is 0.147. The number of aryl methyl sites for hydroxylation is 1. The Bertz CT molecular complexity index is 1030. The largest absolute Gasteiger partial charge is 0.325 e. The third kappa shape index (κ3) is 6.17. The second-order valence-electron chi connectivity index (χ2n) is 5.84. The molecule has 1 aromatic heterocycles. The molecule has 0 bridgehead atoms. The van der Waals surface area contributed by atoms with E-state index < -0.39 is 5.91 Å². The van der Waals surface area contributed by atoms with E-state index in [9.17, 15) is 9.59 Å². The van der Waals surface area contributed by atoms with Gasteiger partial charge in [-0.2, -0.15) is 0 Å². The lowest BCUT2D eigenvalue weighted by atomic mass is 10.1. The van der Waals surface area contributed by atoms with Gasteiger partial charge in [0.15, 0.2) is 4.34 Å². The Labute approximate surface area is 186 Å². The first-order valence-electron chi connectivity index (χ1n) is 8.56. The summed E-state index contributed by atoms with van der Waals surface area (Å²) in [7, 11) is 0. The van der Waals surface area contributed by atoms with Crippen LogP contribution in [0.4, 0.5) is 10.8 Å². The van der Waals surface area contributed by atoms with Gasteiger partial charge in [-0.3, -0.25) is 14.9 Å². The van der Waals surface area contributed by atoms with Crippen LogP contribution in [0.15, 0.2) is 46.8 Å². The van der Waals surface area contributed by atoms with E-state index in [1.807, 2.05) is 24.3 Å². The summed E-state index contributed by atoms with van der Waals surface area (Å²) in [6.07, 6.45) is 0.948. The van der Waals surface area contributed by atoms with Gasteiger partial charge in [-0.1, -0.05) is 65.4 Å². The van der Waals surface area contributed by atoms with Crippen molar-refractivity contribution < 1.29 is 9.59 Å². The number of rotatable bonds is 7. The maximum Gasteiger partial charge on any atom is 0.259 e. The zero-order chi connectivity index (χ0) is 20.8. The number of benzene rings is 2. The highest BCUT2D eigenvalue weighted by molar-refractivity contribution is 8.01. The highest BCUT2D eigenvalue weighted by Crippen LogP contribution is 2.27. The molecule has 2 amide bonds. The van der Waals surface area contributed by atoms with E-state index in [0.717, 1.165) is 12.1 Å². The van der Waals surface area contributed by atoms with E-state index in [0.29, 0.717) is 14.5 Å². The number of amides is 2. The maximum atomic E-state index is 12.3. The van der Waals surface area contributed by atoms with Crippen molar-refractivity contribution in [2.24, 2.45) is 0 Å². The summed E-state index contributed by atoms with van der Waals surface area (Å²) in [6, 6.07) is 12.3. The molecule has 29 heavy (non-hydrogen) atoms. The van der Waals surface area contributed by atoms with Crippen LogP contribution in [0.5, 0.6) is 0 Å². The van der Waals surface area contributed by atoms with Crippen molar-refractivity contribution in [2.75, 3.05) is 16.4 Å². The predicted molar refractivity (Wildman–Crippen MR) is 119 cm³/mol. The van der Waals surface area contributed by atoms with Gasteiger partial charge in [0.2, 0.25) is 11.0 Å². The molecule has 0 aliphatic rings. The van der Waals surface area contributed by atoms with Crippen LogP contribution in [0.3, 0.4) is 0 Å². The summed E-state index contributed by atoms with van der Waals surface area (Å²) < 4.78 is 0.564. The number of thioether (sulfide) groups is 1. The number of anilines is 2. The van der Waals surface area contributed by atoms with Crippen LogP contribution in [0, 0.1) is 0 Å². The third-order valence-corrected chi connectivity index (χ3v) is 6.31. The second-order valence-corrected chi connectivity index (χ2v) is 8.88. The molecule has 6 nitrogen and oxygen atoms in total. The molecule has 0 aliphatic heterocycles. The number of nitrogens with zero attached hydrogens (tertiary/aromatic N) is 2. The van der Waals surface area contributed by atoms with E-state index >= 15 is 0 Å². The molecule has 0 fully saturated rings. The monoisotopic (exact) mass is 466 g/mol. The predicted octanol–water partition coefficient (Wildman–Crippen LogP) is 5.39. The summed E-state index contributed by atoms with van der Waals surface area (Å²) in [6.45, 7) is 2.08. The zero-order valence-corrected chi connectivity index (χ0v) is 18.4. The molecule has 150 valence electrons. The van der Waals surface area contributed by atoms with E-state index in [2.05, 4.69) is 27.8 Å². The van der Waals surface area contributed by atoms with Crippen molar-refractivity contribution in [3.05, 3.63) is 63.6 Å². The average Bonchev–Trinajstić information content (AvgIpc) is 3.16. The Morgan fingerprint density at radius 3 is 2.55 bits per heavy atom. The van der Waals surface area contributed by atoms with Crippen molar-refractivity contribution in [3.63, 3.8) is 0 Å². The zero-order valence-electron chi connectivity index (χ0n) is 15.2. The molecule has 2 aromatic carbocycles. The molecule has 0 spiro atoms. The first-order chi connectivity index (χ1) is 13.9. The number of hydrogen-bond donors (Lipinski definition) is 2. The highest BCUT2D eigenvalue weighted by Gasteiger charge is 2.15. The van der Waals surface area contributed by atoms with Crippen molar-refractivity contribution in [3.8, 4) is 0 Å². The SMILES string of the molecule is CCc1ccc(NC(=O)CSc2nnc(NC(=O)c3cc(Cl)ccc3Cl)s2)cc1. The topological polar surface area (TPSA) is 84.0 Å². The summed E-state index contributed by atoms with van der Waals surface area (Å²) in [5.74, 6) is -0.401. The molecule has 0 unspecified atom stereocenters. The first-order valence-corrected chi connectivity index (χ1v) is 11.1. The van der Waals surface area contributed by atoms with Crippen LogP contribution in [0.25, 0.3) is 0 Å². The molecule has 0 atom stereocenters. The fourth-order valence-electron chi connectivity index (χ4n) is 2.30. The molecule has 2 N–H and O–H groups in total. The number of halogens is 2. The van der Waals surface area contributed by atoms with Crippen LogP contribution in [-0.2, 0) is 11.2 Å². The van der Waals surface area contributed by atoms with Gasteiger partial charge >= 0.3 is 0 Å². The summed E-state index contributed by atoms with van der Waals surface area (Å²) in [5, 5.41) is 14.4. The Morgan fingerprint density at radius 1 is 1.07 bits per heavy atom. The van der Waals surface area contributed by atoms with E-state index in [4.69, 9.17) is 23.2 Å². The average molecular weight is 467 g/mol. The molecule has 0 radical (unpaired) electrons. The van der Waals surface area contributed by atoms with Gasteiger partial charge in [0.1, 0.15) is 0 Å². The quantitative estimate of drug-likeness (QED) is 0.360. The van der Waals surface area contributed by atoms with Crippen molar-refractivity contribution in [1.29, 1.82) is 0 Å². The molecule has 1 heterocycles. The number of aromatic nitrogens is 2. The Balaban J connectivity index is 1.52. The Kier molecular flexibility index (Phi) is 7.49. The lowest BCUT2D eigenvalue weighted by Gasteiger charge is -2.05. The Morgan fingerprint density at radius 2 is 1.83 bits per heavy atom. The molecule has 0 saturated carbocycles. The first kappa shape index (κ1) is 21.6. The normalized spacial score (nSPS) is 10.6. The van der Waals surface area contributed by atoms with Gasteiger partial charge in [0, 0.05) is 10.7 Å². The minimum Gasteiger partial charge on any atom is -0.325 e. The summed E-state index contributed by atoms with van der Waals surface area (Å²) >= 11 is 14.3. The lowest BCUT2D eigenvalue weighted by Crippen LogP contribution is -2.13. The Hall–Kier alpha value is -2.13. The van der Waals surface area contributed by atoms with Crippen molar-refractivity contribution in [2.45, 2.75) is 17.7 Å². The molecule has 3 rings (SSSR count). The van der Waals surface area contributed by atoms with Crippen LogP contribution < -0.4 is 10.6 Å². The van der Waals surface area contributed by atoms with Crippen molar-refractivity contribution >= 4 is 68.9 Å². The summed E-state index contributed by atoms with van der Waals surface area (Å²) in [4.78, 5) is 24.4. The number of nitrogens with one attached hydrogen (secondary N) is 2. The molecule has 10 heteroatoms. The van der Waals surface area contributed by atoms with E-state index in [1.54, 1.807) is 12.1 Å². The van der Waals surface area contributed by atoms with Crippen LogP contribution in [0.1, 0.15) is 22.8 Å². The van der Waals surface area contributed by atoms with Crippen LogP contribution >= 0.6 is 46.3 Å². The molecule has 0 aliphatic carbocycles. The molecule has 3 aromatic rings. The second kappa shape index (κ2) is 10.1. The smallest absolute Gasteiger partial charge is 0.259 e. The summed E-state index contributed by atoms with van der Waals surface area (Å²) in [5.41, 5.74) is 2.20. The third-order valence-electron chi connectivity index (χ3n) is 3.77. The molecular weight excluding hydrogens is 451 g/mol. The van der Waals surface area contributed by atoms with E-state index in [1.165, 1.54) is 34.7 Å². The van der Waals surface area contributed by atoms with Crippen LogP contribution in [-0.4, -0.2) is 27.8 Å². The highest BCUT2D eigenvalue weighted by atomic mass is 35.5. The van der Waals surface area contributed by atoms with Gasteiger partial charge in [-0.25, -0.2) is 0 Å². The minimum atomic E-state index is -0.432. The maximum absolute atomic E-state index is 12.3. The van der Waals surface area contributed by atoms with Gasteiger partial charge in [-0.05, 0) is 42.3 Å². The van der Waals surface area contributed by atoms with Crippen LogP contribution in [0.2, 0.25) is 10.0 Å². The van der Waals surface area contributed by atoms with E-state index in [-0.39, 0.29) is 22.2 Å². The fourth-order valence-corrected chi connectivity index (χ4v) is 4.23. The van der Waals surface area contributed by atoms with Gasteiger partial charge < -0.3 is 5.32 Å². The van der Waals surface area contributed by atoms with Crippen molar-refractivity contribution in [1.82, 2.24) is 10.2 Å². The van der Waals surface area contributed by atoms with Gasteiger partial charge in [-0.15, -0.1) is 10.2 Å². The standard InChI is InChI=1S/C19H16Cl2N4O2S2/c1-2-11-3-6-13(7-4-11)22-16(26)10-28-19-25-24-18(29-19)23-17(27)14-9-12(20)5-8-15(14)21/h3-9H,2,10H2,1H3,(H,22,26)(H,23,24,27). The number of carbonyl (C=O) groups is 2. The van der Waals surface area contributed by atoms with Gasteiger partial charge in [0.05, 0.1) is 16.3 Å². The lowest BCUT2D eigenvalue weighted by molar-refractivity contribution is -0.113. The number of hydrogen-bond acceptors (Lipinski definition) is 6. The fraction of sp³-hybridized carbons (Fsp3) is 0.158. The molecular formula is C19H16Cl2N4O2S2. The van der Waals surface area contributed by atoms with Gasteiger partial charge in [0.25, 0.3) is 5.91 Å². The molecule has 0 saturated heterocycles. The number of carbonyl (C=O) groups excluding carboxylic acids is 2.